The Balaban J connectivity index is 2.31. The van der Waals surface area contributed by atoms with Crippen molar-refractivity contribution in [2.75, 3.05) is 12.5 Å². The Morgan fingerprint density at radius 1 is 1.47 bits per heavy atom. The van der Waals surface area contributed by atoms with E-state index in [1.807, 2.05) is 20.8 Å². The van der Waals surface area contributed by atoms with Gasteiger partial charge in [-0.1, -0.05) is 13.3 Å². The average Bonchev–Trinajstić information content (AvgIpc) is 2.09. The highest BCUT2D eigenvalue weighted by atomic mass is 31.2. The SMILES string of the molecule is CCC(C)(C)OCP(=O)(O)CC1CCC1. The van der Waals surface area contributed by atoms with Gasteiger partial charge in [-0.2, -0.15) is 0 Å². The molecule has 0 spiro atoms. The summed E-state index contributed by atoms with van der Waals surface area (Å²) in [5, 5.41) is 0. The van der Waals surface area contributed by atoms with E-state index < -0.39 is 7.37 Å². The fraction of sp³-hybridized carbons (Fsp3) is 1.00. The molecule has 0 aliphatic heterocycles. The Morgan fingerprint density at radius 3 is 2.47 bits per heavy atom. The molecule has 4 heteroatoms. The maximum absolute atomic E-state index is 11.8. The van der Waals surface area contributed by atoms with Gasteiger partial charge in [-0.3, -0.25) is 4.57 Å². The summed E-state index contributed by atoms with van der Waals surface area (Å²) in [5.74, 6) is 0.467. The summed E-state index contributed by atoms with van der Waals surface area (Å²) in [7, 11) is -3.05. The van der Waals surface area contributed by atoms with Crippen molar-refractivity contribution in [3.8, 4) is 0 Å². The van der Waals surface area contributed by atoms with E-state index >= 15 is 0 Å². The van der Waals surface area contributed by atoms with Crippen molar-refractivity contribution >= 4 is 7.37 Å². The molecule has 1 N–H and O–H groups in total. The average molecular weight is 234 g/mol. The third-order valence-corrected chi connectivity index (χ3v) is 4.90. The lowest BCUT2D eigenvalue weighted by molar-refractivity contribution is 0.00257. The van der Waals surface area contributed by atoms with Crippen LogP contribution in [0.3, 0.4) is 0 Å². The van der Waals surface area contributed by atoms with Crippen LogP contribution in [0.15, 0.2) is 0 Å². The van der Waals surface area contributed by atoms with Crippen molar-refractivity contribution in [2.45, 2.75) is 52.1 Å². The monoisotopic (exact) mass is 234 g/mol. The largest absolute Gasteiger partial charge is 0.366 e. The number of ether oxygens (including phenoxy) is 1. The van der Waals surface area contributed by atoms with E-state index in [2.05, 4.69) is 0 Å². The van der Waals surface area contributed by atoms with Gasteiger partial charge in [0.1, 0.15) is 6.35 Å². The molecule has 1 saturated carbocycles. The first-order chi connectivity index (χ1) is 6.85. The molecule has 0 radical (unpaired) electrons. The molecule has 0 aromatic carbocycles. The molecule has 1 aliphatic carbocycles. The van der Waals surface area contributed by atoms with Crippen molar-refractivity contribution in [2.24, 2.45) is 5.92 Å². The summed E-state index contributed by atoms with van der Waals surface area (Å²) in [5.41, 5.74) is -0.280. The second kappa shape index (κ2) is 4.99. The van der Waals surface area contributed by atoms with E-state index in [0.717, 1.165) is 19.3 Å². The van der Waals surface area contributed by atoms with Crippen molar-refractivity contribution < 1.29 is 14.2 Å². The fourth-order valence-electron chi connectivity index (χ4n) is 1.51. The van der Waals surface area contributed by atoms with Gasteiger partial charge >= 0.3 is 0 Å². The summed E-state index contributed by atoms with van der Waals surface area (Å²) in [6.07, 6.45) is 4.77. The molecule has 0 aromatic heterocycles. The minimum absolute atomic E-state index is 0.0182. The molecule has 0 heterocycles. The quantitative estimate of drug-likeness (QED) is 0.718. The van der Waals surface area contributed by atoms with Gasteiger partial charge < -0.3 is 9.63 Å². The van der Waals surface area contributed by atoms with Gasteiger partial charge in [-0.05, 0) is 39.0 Å². The lowest BCUT2D eigenvalue weighted by atomic mass is 9.87. The van der Waals surface area contributed by atoms with Crippen LogP contribution in [0.25, 0.3) is 0 Å². The highest BCUT2D eigenvalue weighted by molar-refractivity contribution is 7.57. The van der Waals surface area contributed by atoms with E-state index in [1.54, 1.807) is 0 Å². The lowest BCUT2D eigenvalue weighted by Crippen LogP contribution is -2.25. The zero-order valence-electron chi connectivity index (χ0n) is 10.0. The number of hydrogen-bond donors (Lipinski definition) is 1. The summed E-state index contributed by atoms with van der Waals surface area (Å²) in [6.45, 7) is 5.93. The zero-order valence-corrected chi connectivity index (χ0v) is 10.9. The van der Waals surface area contributed by atoms with Crippen LogP contribution in [-0.4, -0.2) is 23.0 Å². The third kappa shape index (κ3) is 4.67. The Morgan fingerprint density at radius 2 is 2.07 bits per heavy atom. The Hall–Kier alpha value is 0.150. The van der Waals surface area contributed by atoms with Crippen LogP contribution < -0.4 is 0 Å². The number of rotatable bonds is 6. The molecule has 0 aromatic rings. The van der Waals surface area contributed by atoms with E-state index in [-0.39, 0.29) is 11.9 Å². The van der Waals surface area contributed by atoms with Gasteiger partial charge in [-0.25, -0.2) is 0 Å². The first kappa shape index (κ1) is 13.2. The van der Waals surface area contributed by atoms with E-state index in [9.17, 15) is 9.46 Å². The summed E-state index contributed by atoms with van der Waals surface area (Å²) >= 11 is 0. The molecule has 3 nitrogen and oxygen atoms in total. The van der Waals surface area contributed by atoms with Crippen LogP contribution in [0.4, 0.5) is 0 Å². The van der Waals surface area contributed by atoms with Gasteiger partial charge in [0.05, 0.1) is 5.60 Å². The van der Waals surface area contributed by atoms with E-state index in [4.69, 9.17) is 4.74 Å². The molecular weight excluding hydrogens is 211 g/mol. The van der Waals surface area contributed by atoms with Gasteiger partial charge in [0, 0.05) is 6.16 Å². The third-order valence-electron chi connectivity index (χ3n) is 3.28. The van der Waals surface area contributed by atoms with Crippen LogP contribution >= 0.6 is 7.37 Å². The van der Waals surface area contributed by atoms with Gasteiger partial charge in [-0.15, -0.1) is 0 Å². The first-order valence-corrected chi connectivity index (χ1v) is 7.82. The van der Waals surface area contributed by atoms with Gasteiger partial charge in [0.25, 0.3) is 0 Å². The van der Waals surface area contributed by atoms with Crippen LogP contribution in [0.2, 0.25) is 0 Å². The highest BCUT2D eigenvalue weighted by Gasteiger charge is 2.30. The zero-order chi connectivity index (χ0) is 11.5. The predicted octanol–water partition coefficient (Wildman–Crippen LogP) is 3.22. The second-order valence-corrected chi connectivity index (χ2v) is 7.53. The van der Waals surface area contributed by atoms with Crippen molar-refractivity contribution in [1.82, 2.24) is 0 Å². The lowest BCUT2D eigenvalue weighted by Gasteiger charge is -2.29. The standard InChI is InChI=1S/C11H23O3P/c1-4-11(2,3)14-9-15(12,13)8-10-6-5-7-10/h10H,4-9H2,1-3H3,(H,12,13). The fourth-order valence-corrected chi connectivity index (χ4v) is 3.34. The molecule has 0 saturated heterocycles. The molecule has 1 fully saturated rings. The van der Waals surface area contributed by atoms with Crippen LogP contribution in [-0.2, 0) is 9.30 Å². The molecule has 0 amide bonds. The Bertz CT molecular complexity index is 246. The first-order valence-electron chi connectivity index (χ1n) is 5.79. The molecule has 0 bridgehead atoms. The van der Waals surface area contributed by atoms with Gasteiger partial charge in [0.2, 0.25) is 7.37 Å². The smallest absolute Gasteiger partial charge is 0.225 e. The molecule has 1 rings (SSSR count). The molecular formula is C11H23O3P. The molecule has 1 unspecified atom stereocenters. The van der Waals surface area contributed by atoms with E-state index in [1.165, 1.54) is 6.42 Å². The summed E-state index contributed by atoms with van der Waals surface area (Å²) < 4.78 is 17.3. The van der Waals surface area contributed by atoms with Crippen LogP contribution in [0, 0.1) is 5.92 Å². The highest BCUT2D eigenvalue weighted by Crippen LogP contribution is 2.47. The van der Waals surface area contributed by atoms with Crippen LogP contribution in [0.5, 0.6) is 0 Å². The maximum Gasteiger partial charge on any atom is 0.225 e. The topological polar surface area (TPSA) is 46.5 Å². The van der Waals surface area contributed by atoms with Crippen molar-refractivity contribution in [1.29, 1.82) is 0 Å². The second-order valence-electron chi connectivity index (χ2n) is 5.21. The minimum Gasteiger partial charge on any atom is -0.366 e. The normalized spacial score (nSPS) is 22.1. The summed E-state index contributed by atoms with van der Waals surface area (Å²) in [4.78, 5) is 9.74. The minimum atomic E-state index is -3.05. The van der Waals surface area contributed by atoms with Crippen molar-refractivity contribution in [3.05, 3.63) is 0 Å². The number of hydrogen-bond acceptors (Lipinski definition) is 2. The van der Waals surface area contributed by atoms with E-state index in [0.29, 0.717) is 12.1 Å². The van der Waals surface area contributed by atoms with Crippen LogP contribution in [0.1, 0.15) is 46.5 Å². The molecule has 90 valence electrons. The predicted molar refractivity (Wildman–Crippen MR) is 62.4 cm³/mol. The van der Waals surface area contributed by atoms with Crippen molar-refractivity contribution in [3.63, 3.8) is 0 Å². The Kier molecular flexibility index (Phi) is 4.39. The molecule has 15 heavy (non-hydrogen) atoms. The Labute approximate surface area is 92.7 Å². The maximum atomic E-state index is 11.8. The molecule has 1 atom stereocenters. The summed E-state index contributed by atoms with van der Waals surface area (Å²) in [6, 6.07) is 0. The van der Waals surface area contributed by atoms with Gasteiger partial charge in [0.15, 0.2) is 0 Å². The molecule has 1 aliphatic rings.